The zero-order valence-electron chi connectivity index (χ0n) is 22.4. The topological polar surface area (TPSA) is 183 Å². The number of aromatic nitrogens is 1. The van der Waals surface area contributed by atoms with E-state index in [1.165, 1.54) is 0 Å². The van der Waals surface area contributed by atoms with E-state index in [-0.39, 0.29) is 36.6 Å². The number of fused-ring (bicyclic) bond motifs is 1. The van der Waals surface area contributed by atoms with E-state index >= 15 is 0 Å². The van der Waals surface area contributed by atoms with Crippen molar-refractivity contribution in [2.24, 2.45) is 21.5 Å². The molecule has 1 aliphatic carbocycles. The lowest BCUT2D eigenvalue weighted by molar-refractivity contribution is -0.137. The molecule has 222 valence electrons. The second-order valence-corrected chi connectivity index (χ2v) is 10.9. The number of rotatable bonds is 5. The van der Waals surface area contributed by atoms with E-state index in [1.54, 1.807) is 11.0 Å². The van der Waals surface area contributed by atoms with Crippen LogP contribution in [0.3, 0.4) is 0 Å². The molecule has 0 bridgehead atoms. The van der Waals surface area contributed by atoms with Crippen molar-refractivity contribution >= 4 is 23.7 Å². The number of amides is 2. The first kappa shape index (κ1) is 27.8. The van der Waals surface area contributed by atoms with Crippen LogP contribution < -0.4 is 27.4 Å². The van der Waals surface area contributed by atoms with Crippen LogP contribution >= 0.6 is 0 Å². The number of nitrogens with zero attached hydrogens (tertiary/aromatic N) is 4. The summed E-state index contributed by atoms with van der Waals surface area (Å²) in [5.41, 5.74) is 12.6. The van der Waals surface area contributed by atoms with Crippen molar-refractivity contribution in [3.8, 4) is 0 Å². The number of hydrogen-bond acceptors (Lipinski definition) is 10. The maximum absolute atomic E-state index is 13.4. The van der Waals surface area contributed by atoms with Crippen LogP contribution in [0.5, 0.6) is 0 Å². The molecule has 1 fully saturated rings. The molecule has 15 heteroatoms. The minimum Gasteiger partial charge on any atom is -0.386 e. The van der Waals surface area contributed by atoms with Crippen molar-refractivity contribution in [3.63, 3.8) is 0 Å². The van der Waals surface area contributed by atoms with Crippen LogP contribution in [0, 0.1) is 0 Å². The summed E-state index contributed by atoms with van der Waals surface area (Å²) < 4.78 is 38.6. The van der Waals surface area contributed by atoms with E-state index < -0.39 is 47.5 Å². The highest BCUT2D eigenvalue weighted by atomic mass is 19.4. The fourth-order valence-corrected chi connectivity index (χ4v) is 6.43. The molecule has 6 rings (SSSR count). The number of aliphatic hydroxyl groups is 1. The summed E-state index contributed by atoms with van der Waals surface area (Å²) in [6.45, 7) is -0.00102. The van der Waals surface area contributed by atoms with E-state index in [0.29, 0.717) is 11.8 Å². The van der Waals surface area contributed by atoms with Gasteiger partial charge < -0.3 is 37.4 Å². The standard InChI is InChI=1S/C27H30F3N9O3/c28-27(29,30)14-8-9-17(33-10-14)23(42)34-11-18-20-26(38-24(31)37-20)21(40)19(12-39(26)25(32)36-18)35-22(41)16-7-3-5-13-4-1-2-6-15(13)16/h3,5,7-10,18-21,40H,1-2,4,6,11-12H2,(H2,32,36)(H,34,42)(H,35,41)(H3,31,37,38)/t18-,19?,20-,21+,26-/m0/s1. The van der Waals surface area contributed by atoms with Crippen LogP contribution in [0.1, 0.15) is 50.4 Å². The molecule has 4 aliphatic rings. The summed E-state index contributed by atoms with van der Waals surface area (Å²) in [5, 5.41) is 20.2. The molecule has 2 aromatic rings. The number of alkyl halides is 3. The number of nitrogens with two attached hydrogens (primary N) is 2. The molecule has 5 atom stereocenters. The van der Waals surface area contributed by atoms with Gasteiger partial charge in [-0.1, -0.05) is 12.1 Å². The van der Waals surface area contributed by atoms with Gasteiger partial charge in [0.2, 0.25) is 0 Å². The Morgan fingerprint density at radius 3 is 2.64 bits per heavy atom. The number of pyridine rings is 1. The third kappa shape index (κ3) is 4.57. The van der Waals surface area contributed by atoms with Gasteiger partial charge in [-0.25, -0.2) is 9.98 Å². The van der Waals surface area contributed by atoms with Crippen molar-refractivity contribution in [2.45, 2.75) is 61.8 Å². The molecule has 12 nitrogen and oxygen atoms in total. The van der Waals surface area contributed by atoms with Gasteiger partial charge in [0.15, 0.2) is 17.6 Å². The molecule has 0 saturated carbocycles. The quantitative estimate of drug-likeness (QED) is 0.280. The predicted octanol–water partition coefficient (Wildman–Crippen LogP) is -0.136. The zero-order chi connectivity index (χ0) is 29.8. The van der Waals surface area contributed by atoms with Crippen molar-refractivity contribution in [1.82, 2.24) is 25.8 Å². The number of aliphatic imine (C=N–C) groups is 2. The molecule has 1 aromatic heterocycles. The van der Waals surface area contributed by atoms with Crippen molar-refractivity contribution in [1.29, 1.82) is 0 Å². The lowest BCUT2D eigenvalue weighted by atomic mass is 9.87. The molecule has 3 aliphatic heterocycles. The minimum absolute atomic E-state index is 0.0267. The van der Waals surface area contributed by atoms with Gasteiger partial charge in [0.05, 0.1) is 17.6 Å². The van der Waals surface area contributed by atoms with Crippen LogP contribution in [-0.2, 0) is 19.0 Å². The summed E-state index contributed by atoms with van der Waals surface area (Å²) >= 11 is 0. The molecule has 8 N–H and O–H groups in total. The number of aryl methyl sites for hydroxylation is 1. The number of aliphatic hydroxyl groups excluding tert-OH is 1. The summed E-state index contributed by atoms with van der Waals surface area (Å²) in [6.07, 6.45) is -1.41. The lowest BCUT2D eigenvalue weighted by Gasteiger charge is -2.46. The van der Waals surface area contributed by atoms with E-state index in [0.717, 1.165) is 48.9 Å². The Morgan fingerprint density at radius 2 is 1.90 bits per heavy atom. The van der Waals surface area contributed by atoms with Gasteiger partial charge in [0.1, 0.15) is 17.8 Å². The van der Waals surface area contributed by atoms with Gasteiger partial charge >= 0.3 is 6.18 Å². The van der Waals surface area contributed by atoms with Gasteiger partial charge in [0.25, 0.3) is 11.8 Å². The second kappa shape index (κ2) is 10.2. The van der Waals surface area contributed by atoms with Crippen LogP contribution in [0.15, 0.2) is 46.5 Å². The Morgan fingerprint density at radius 1 is 1.12 bits per heavy atom. The van der Waals surface area contributed by atoms with E-state index in [1.807, 2.05) is 12.1 Å². The molecule has 1 aromatic carbocycles. The normalized spacial score (nSPS) is 28.0. The third-order valence-corrected chi connectivity index (χ3v) is 8.41. The van der Waals surface area contributed by atoms with E-state index in [2.05, 4.69) is 30.9 Å². The monoisotopic (exact) mass is 585 g/mol. The van der Waals surface area contributed by atoms with Crippen LogP contribution in [-0.4, -0.2) is 81.7 Å². The molecule has 1 saturated heterocycles. The van der Waals surface area contributed by atoms with Crippen LogP contribution in [0.4, 0.5) is 13.2 Å². The van der Waals surface area contributed by atoms with Crippen LogP contribution in [0.25, 0.3) is 0 Å². The fourth-order valence-electron chi connectivity index (χ4n) is 6.43. The molecule has 1 spiro atoms. The largest absolute Gasteiger partial charge is 0.417 e. The second-order valence-electron chi connectivity index (χ2n) is 10.9. The summed E-state index contributed by atoms with van der Waals surface area (Å²) in [7, 11) is 0. The first-order valence-electron chi connectivity index (χ1n) is 13.6. The molecule has 4 heterocycles. The number of carbonyl (C=O) groups is 2. The smallest absolute Gasteiger partial charge is 0.386 e. The molecule has 42 heavy (non-hydrogen) atoms. The molecule has 0 radical (unpaired) electrons. The van der Waals surface area contributed by atoms with Crippen molar-refractivity contribution in [3.05, 3.63) is 64.5 Å². The predicted molar refractivity (Wildman–Crippen MR) is 145 cm³/mol. The number of halogens is 3. The SMILES string of the molecule is NC1=N[C@H]2[C@H](CNC(=O)c3ccc(C(F)(F)F)cn3)N=C(N)N3CC(NC(=O)c4cccc5c4CCCC5)[C@@H](O)[C@]23N1. The molecule has 1 unspecified atom stereocenters. The lowest BCUT2D eigenvalue weighted by Crippen LogP contribution is -2.73. The van der Waals surface area contributed by atoms with Crippen molar-refractivity contribution < 1.29 is 27.9 Å². The Labute approximate surface area is 238 Å². The van der Waals surface area contributed by atoms with Gasteiger partial charge in [-0.05, 0) is 55.0 Å². The first-order valence-corrected chi connectivity index (χ1v) is 13.6. The van der Waals surface area contributed by atoms with Gasteiger partial charge in [-0.3, -0.25) is 14.6 Å². The number of hydrogen-bond donors (Lipinski definition) is 6. The Hall–Kier alpha value is -4.40. The maximum atomic E-state index is 13.4. The average Bonchev–Trinajstić information content (AvgIpc) is 3.46. The summed E-state index contributed by atoms with van der Waals surface area (Å²) in [5.74, 6) is -0.955. The third-order valence-electron chi connectivity index (χ3n) is 8.41. The molecular formula is C27H30F3N9O3. The van der Waals surface area contributed by atoms with Crippen molar-refractivity contribution in [2.75, 3.05) is 13.1 Å². The number of benzene rings is 1. The maximum Gasteiger partial charge on any atom is 0.417 e. The number of carbonyl (C=O) groups excluding carboxylic acids is 2. The summed E-state index contributed by atoms with van der Waals surface area (Å²) in [4.78, 5) is 40.2. The zero-order valence-corrected chi connectivity index (χ0v) is 22.4. The fraction of sp³-hybridized carbons (Fsp3) is 0.444. The Kier molecular flexibility index (Phi) is 6.71. The number of guanidine groups is 2. The highest BCUT2D eigenvalue weighted by Crippen LogP contribution is 2.40. The summed E-state index contributed by atoms with van der Waals surface area (Å²) in [6, 6.07) is 5.06. The highest BCUT2D eigenvalue weighted by Gasteiger charge is 2.65. The van der Waals surface area contributed by atoms with Gasteiger partial charge in [0, 0.05) is 24.8 Å². The minimum atomic E-state index is -4.58. The van der Waals surface area contributed by atoms with E-state index in [4.69, 9.17) is 11.5 Å². The first-order chi connectivity index (χ1) is 20.0. The van der Waals surface area contributed by atoms with Gasteiger partial charge in [-0.2, -0.15) is 13.2 Å². The average molecular weight is 586 g/mol. The highest BCUT2D eigenvalue weighted by molar-refractivity contribution is 5.97. The molecular weight excluding hydrogens is 555 g/mol. The van der Waals surface area contributed by atoms with E-state index in [9.17, 15) is 27.9 Å². The Bertz CT molecular complexity index is 1480. The molecule has 2 amide bonds. The van der Waals surface area contributed by atoms with Crippen LogP contribution in [0.2, 0.25) is 0 Å². The Balaban J connectivity index is 1.19. The van der Waals surface area contributed by atoms with Gasteiger partial charge in [-0.15, -0.1) is 0 Å². The number of nitrogens with one attached hydrogen (secondary N) is 3.